The maximum atomic E-state index is 11.8. The largest absolute Gasteiger partial charge is 0.368 e. The summed E-state index contributed by atoms with van der Waals surface area (Å²) in [5, 5.41) is 3.50. The molecule has 8 heteroatoms. The van der Waals surface area contributed by atoms with Crippen LogP contribution >= 0.6 is 24.0 Å². The van der Waals surface area contributed by atoms with Gasteiger partial charge in [-0.05, 0) is 24.3 Å². The van der Waals surface area contributed by atoms with Gasteiger partial charge in [-0.25, -0.2) is 15.0 Å². The maximum Gasteiger partial charge on any atom is 0.263 e. The van der Waals surface area contributed by atoms with E-state index in [2.05, 4.69) is 20.3 Å². The van der Waals surface area contributed by atoms with Gasteiger partial charge in [0.1, 0.15) is 4.32 Å². The highest BCUT2D eigenvalue weighted by atomic mass is 32.2. The van der Waals surface area contributed by atoms with Gasteiger partial charge in [-0.1, -0.05) is 42.2 Å². The molecule has 0 saturated carbocycles. The van der Waals surface area contributed by atoms with Gasteiger partial charge < -0.3 is 11.1 Å². The number of carbonyl (C=O) groups excluding carboxylic acids is 1. The summed E-state index contributed by atoms with van der Waals surface area (Å²) in [6, 6.07) is 11.4. The molecule has 0 spiro atoms. The fraction of sp³-hybridized carbons (Fsp3) is 0. The van der Waals surface area contributed by atoms with Crippen LogP contribution in [0.5, 0.6) is 0 Å². The molecule has 0 atom stereocenters. The second-order valence-electron chi connectivity index (χ2n) is 5.30. The molecule has 2 aromatic heterocycles. The van der Waals surface area contributed by atoms with Crippen molar-refractivity contribution >= 4 is 57.1 Å². The molecule has 0 unspecified atom stereocenters. The van der Waals surface area contributed by atoms with E-state index >= 15 is 0 Å². The Labute approximate surface area is 152 Å². The van der Waals surface area contributed by atoms with Crippen LogP contribution in [-0.4, -0.2) is 25.2 Å². The molecule has 122 valence electrons. The summed E-state index contributed by atoms with van der Waals surface area (Å²) in [5.74, 6) is 0.0383. The molecule has 1 aromatic carbocycles. The molecule has 0 radical (unpaired) electrons. The Bertz CT molecular complexity index is 1060. The number of aromatic nitrogens is 3. The Morgan fingerprint density at radius 3 is 2.88 bits per heavy atom. The summed E-state index contributed by atoms with van der Waals surface area (Å²) in [7, 11) is 0. The van der Waals surface area contributed by atoms with E-state index in [-0.39, 0.29) is 11.9 Å². The minimum atomic E-state index is -0.194. The number of hydrogen-bond donors (Lipinski definition) is 2. The normalized spacial score (nSPS) is 15.8. The smallest absolute Gasteiger partial charge is 0.263 e. The topological polar surface area (TPSA) is 93.8 Å². The van der Waals surface area contributed by atoms with E-state index in [0.29, 0.717) is 14.9 Å². The molecule has 4 rings (SSSR count). The number of anilines is 1. The van der Waals surface area contributed by atoms with Gasteiger partial charge in [-0.15, -0.1) is 0 Å². The highest BCUT2D eigenvalue weighted by Gasteiger charge is 2.22. The van der Waals surface area contributed by atoms with Crippen molar-refractivity contribution < 1.29 is 4.79 Å². The van der Waals surface area contributed by atoms with Crippen molar-refractivity contribution in [1.82, 2.24) is 20.3 Å². The molecule has 0 bridgehead atoms. The number of fused-ring (bicyclic) bond motifs is 1. The van der Waals surface area contributed by atoms with Gasteiger partial charge in [0, 0.05) is 17.1 Å². The standard InChI is InChI=1S/C17H11N5OS2/c18-16-19-8-10-5-4-9(6-13(10)21-16)12-3-1-2-11(20-12)7-14-15(23)22-17(24)25-14/h1-8H,(H2,18,19,21)(H,22,23,24). The zero-order chi connectivity index (χ0) is 17.4. The van der Waals surface area contributed by atoms with Crippen LogP contribution in [0.4, 0.5) is 5.95 Å². The zero-order valence-electron chi connectivity index (χ0n) is 12.8. The molecule has 1 aliphatic rings. The van der Waals surface area contributed by atoms with Crippen LogP contribution in [-0.2, 0) is 4.79 Å². The van der Waals surface area contributed by atoms with Gasteiger partial charge in [0.05, 0.1) is 21.8 Å². The Kier molecular flexibility index (Phi) is 3.90. The van der Waals surface area contributed by atoms with Gasteiger partial charge >= 0.3 is 0 Å². The summed E-state index contributed by atoms with van der Waals surface area (Å²) in [6.45, 7) is 0. The van der Waals surface area contributed by atoms with E-state index in [0.717, 1.165) is 22.2 Å². The molecule has 3 aromatic rings. The number of pyridine rings is 1. The first kappa shape index (κ1) is 15.7. The molecule has 1 aliphatic heterocycles. The van der Waals surface area contributed by atoms with E-state index in [9.17, 15) is 4.79 Å². The fourth-order valence-electron chi connectivity index (χ4n) is 2.44. The Morgan fingerprint density at radius 2 is 2.08 bits per heavy atom. The number of rotatable bonds is 2. The Balaban J connectivity index is 1.73. The minimum Gasteiger partial charge on any atom is -0.368 e. The Hall–Kier alpha value is -2.84. The average molecular weight is 365 g/mol. The van der Waals surface area contributed by atoms with Crippen LogP contribution in [0.3, 0.4) is 0 Å². The number of nitrogens with two attached hydrogens (primary N) is 1. The number of thioether (sulfide) groups is 1. The summed E-state index contributed by atoms with van der Waals surface area (Å²) in [5.41, 5.74) is 8.78. The van der Waals surface area contributed by atoms with Crippen molar-refractivity contribution in [3.8, 4) is 11.3 Å². The quantitative estimate of drug-likeness (QED) is 0.533. The molecule has 3 N–H and O–H groups in total. The lowest BCUT2D eigenvalue weighted by molar-refractivity contribution is -0.115. The molecule has 3 heterocycles. The summed E-state index contributed by atoms with van der Waals surface area (Å²) in [6.07, 6.45) is 3.42. The van der Waals surface area contributed by atoms with E-state index in [1.54, 1.807) is 12.3 Å². The van der Waals surface area contributed by atoms with Gasteiger partial charge in [0.25, 0.3) is 5.91 Å². The van der Waals surface area contributed by atoms with E-state index in [4.69, 9.17) is 18.0 Å². The highest BCUT2D eigenvalue weighted by molar-refractivity contribution is 8.26. The average Bonchev–Trinajstić information content (AvgIpc) is 2.91. The van der Waals surface area contributed by atoms with Gasteiger partial charge in [0.15, 0.2) is 0 Å². The number of benzene rings is 1. The predicted octanol–water partition coefficient (Wildman–Crippen LogP) is 2.76. The number of hydrogen-bond acceptors (Lipinski definition) is 7. The van der Waals surface area contributed by atoms with Crippen molar-refractivity contribution in [2.75, 3.05) is 5.73 Å². The summed E-state index contributed by atoms with van der Waals surface area (Å²) in [4.78, 5) is 25.2. The number of nitrogen functional groups attached to an aromatic ring is 1. The molecule has 1 fully saturated rings. The minimum absolute atomic E-state index is 0.194. The van der Waals surface area contributed by atoms with E-state index < -0.39 is 0 Å². The first-order chi connectivity index (χ1) is 12.1. The second-order valence-corrected chi connectivity index (χ2v) is 7.02. The number of thiocarbonyl (C=S) groups is 1. The van der Waals surface area contributed by atoms with Crippen LogP contribution in [0.1, 0.15) is 5.69 Å². The lowest BCUT2D eigenvalue weighted by Crippen LogP contribution is -2.17. The van der Waals surface area contributed by atoms with Crippen molar-refractivity contribution in [1.29, 1.82) is 0 Å². The number of nitrogens with zero attached hydrogens (tertiary/aromatic N) is 3. The first-order valence-electron chi connectivity index (χ1n) is 7.33. The third-order valence-corrected chi connectivity index (χ3v) is 4.75. The van der Waals surface area contributed by atoms with E-state index in [1.807, 2.05) is 36.4 Å². The van der Waals surface area contributed by atoms with Crippen LogP contribution < -0.4 is 11.1 Å². The second kappa shape index (κ2) is 6.23. The van der Waals surface area contributed by atoms with Crippen molar-refractivity contribution in [3.05, 3.63) is 53.2 Å². The number of amides is 1. The van der Waals surface area contributed by atoms with Gasteiger partial charge in [-0.3, -0.25) is 4.79 Å². The Morgan fingerprint density at radius 1 is 1.20 bits per heavy atom. The van der Waals surface area contributed by atoms with E-state index in [1.165, 1.54) is 11.8 Å². The fourth-order valence-corrected chi connectivity index (χ4v) is 3.47. The zero-order valence-corrected chi connectivity index (χ0v) is 14.4. The SMILES string of the molecule is Nc1ncc2ccc(-c3cccc(C=C4SC(=S)NC4=O)n3)cc2n1. The lowest BCUT2D eigenvalue weighted by Gasteiger charge is -2.05. The van der Waals surface area contributed by atoms with Crippen molar-refractivity contribution in [2.24, 2.45) is 0 Å². The highest BCUT2D eigenvalue weighted by Crippen LogP contribution is 2.27. The molecule has 1 saturated heterocycles. The summed E-state index contributed by atoms with van der Waals surface area (Å²) < 4.78 is 0.458. The lowest BCUT2D eigenvalue weighted by atomic mass is 10.1. The predicted molar refractivity (Wildman–Crippen MR) is 103 cm³/mol. The molecule has 6 nitrogen and oxygen atoms in total. The molecule has 0 aliphatic carbocycles. The third-order valence-electron chi connectivity index (χ3n) is 3.59. The van der Waals surface area contributed by atoms with Gasteiger partial charge in [-0.2, -0.15) is 0 Å². The van der Waals surface area contributed by atoms with Crippen LogP contribution in [0.15, 0.2) is 47.5 Å². The van der Waals surface area contributed by atoms with Crippen LogP contribution in [0, 0.1) is 0 Å². The van der Waals surface area contributed by atoms with Crippen LogP contribution in [0.25, 0.3) is 28.2 Å². The monoisotopic (exact) mass is 365 g/mol. The maximum absolute atomic E-state index is 11.8. The van der Waals surface area contributed by atoms with Gasteiger partial charge in [0.2, 0.25) is 5.95 Å². The molecular formula is C17H11N5OS2. The summed E-state index contributed by atoms with van der Waals surface area (Å²) >= 11 is 6.23. The molecule has 25 heavy (non-hydrogen) atoms. The van der Waals surface area contributed by atoms with Crippen molar-refractivity contribution in [3.63, 3.8) is 0 Å². The first-order valence-corrected chi connectivity index (χ1v) is 8.55. The van der Waals surface area contributed by atoms with Crippen LogP contribution in [0.2, 0.25) is 0 Å². The van der Waals surface area contributed by atoms with Crippen molar-refractivity contribution in [2.45, 2.75) is 0 Å². The molecular weight excluding hydrogens is 354 g/mol. The molecule has 1 amide bonds. The number of nitrogens with one attached hydrogen (secondary N) is 1. The third kappa shape index (κ3) is 3.21. The number of carbonyl (C=O) groups is 1.